The first-order valence-corrected chi connectivity index (χ1v) is 8.03. The number of alkyl halides is 1. The van der Waals surface area contributed by atoms with Crippen LogP contribution in [0.3, 0.4) is 0 Å². The molecule has 2 rings (SSSR count). The molecule has 0 saturated heterocycles. The van der Waals surface area contributed by atoms with Crippen LogP contribution in [0, 0.1) is 0 Å². The maximum Gasteiger partial charge on any atom is 0.124 e. The van der Waals surface area contributed by atoms with E-state index in [9.17, 15) is 0 Å². The standard InChI is InChI=1S/C15H21Cl2N3/c1-3-7-19(4-2)8-9-20-14-10-12(17)5-6-13(14)18-15(20)11-16/h5-6,10H,3-4,7-9,11H2,1-2H3. The fourth-order valence-corrected chi connectivity index (χ4v) is 2.85. The van der Waals surface area contributed by atoms with Crippen LogP contribution in [0.2, 0.25) is 5.02 Å². The van der Waals surface area contributed by atoms with Gasteiger partial charge in [-0.3, -0.25) is 0 Å². The van der Waals surface area contributed by atoms with Crippen LogP contribution in [-0.4, -0.2) is 34.1 Å². The first-order valence-electron chi connectivity index (χ1n) is 7.12. The van der Waals surface area contributed by atoms with Crippen LogP contribution < -0.4 is 0 Å². The third-order valence-electron chi connectivity index (χ3n) is 3.54. The third-order valence-corrected chi connectivity index (χ3v) is 4.01. The van der Waals surface area contributed by atoms with E-state index in [0.717, 1.165) is 48.1 Å². The number of likely N-dealkylation sites (N-methyl/N-ethyl adjacent to an activating group) is 1. The smallest absolute Gasteiger partial charge is 0.124 e. The van der Waals surface area contributed by atoms with E-state index >= 15 is 0 Å². The van der Waals surface area contributed by atoms with Crippen molar-refractivity contribution in [1.29, 1.82) is 0 Å². The Labute approximate surface area is 130 Å². The fourth-order valence-electron chi connectivity index (χ4n) is 2.48. The zero-order valence-electron chi connectivity index (χ0n) is 12.1. The molecule has 3 nitrogen and oxygen atoms in total. The highest BCUT2D eigenvalue weighted by Gasteiger charge is 2.11. The minimum absolute atomic E-state index is 0.423. The van der Waals surface area contributed by atoms with Gasteiger partial charge in [0.15, 0.2) is 0 Å². The van der Waals surface area contributed by atoms with Crippen LogP contribution in [0.15, 0.2) is 18.2 Å². The van der Waals surface area contributed by atoms with Crippen LogP contribution >= 0.6 is 23.2 Å². The summed E-state index contributed by atoms with van der Waals surface area (Å²) < 4.78 is 2.19. The van der Waals surface area contributed by atoms with Crippen molar-refractivity contribution < 1.29 is 0 Å². The molecule has 110 valence electrons. The second-order valence-corrected chi connectivity index (χ2v) is 5.58. The van der Waals surface area contributed by atoms with Gasteiger partial charge in [-0.2, -0.15) is 0 Å². The lowest BCUT2D eigenvalue weighted by molar-refractivity contribution is 0.277. The number of nitrogens with zero attached hydrogens (tertiary/aromatic N) is 3. The topological polar surface area (TPSA) is 21.1 Å². The molecule has 0 radical (unpaired) electrons. The number of imidazole rings is 1. The van der Waals surface area contributed by atoms with Gasteiger partial charge in [-0.05, 0) is 37.7 Å². The number of hydrogen-bond acceptors (Lipinski definition) is 2. The number of fused-ring (bicyclic) bond motifs is 1. The Balaban J connectivity index is 2.25. The van der Waals surface area contributed by atoms with Crippen molar-refractivity contribution in [2.24, 2.45) is 0 Å². The number of benzene rings is 1. The highest BCUT2D eigenvalue weighted by molar-refractivity contribution is 6.31. The zero-order chi connectivity index (χ0) is 14.5. The molecule has 1 heterocycles. The van der Waals surface area contributed by atoms with Crippen LogP contribution in [0.5, 0.6) is 0 Å². The molecule has 0 N–H and O–H groups in total. The second kappa shape index (κ2) is 7.30. The van der Waals surface area contributed by atoms with Gasteiger partial charge in [0.05, 0.1) is 16.9 Å². The Bertz CT molecular complexity index is 565. The van der Waals surface area contributed by atoms with Crippen molar-refractivity contribution in [2.45, 2.75) is 32.7 Å². The minimum Gasteiger partial charge on any atom is -0.326 e. The van der Waals surface area contributed by atoms with E-state index < -0.39 is 0 Å². The van der Waals surface area contributed by atoms with E-state index in [4.69, 9.17) is 23.2 Å². The van der Waals surface area contributed by atoms with Gasteiger partial charge in [-0.25, -0.2) is 4.98 Å². The summed E-state index contributed by atoms with van der Waals surface area (Å²) >= 11 is 12.1. The van der Waals surface area contributed by atoms with Gasteiger partial charge in [-0.15, -0.1) is 11.6 Å². The van der Waals surface area contributed by atoms with Crippen LogP contribution in [-0.2, 0) is 12.4 Å². The van der Waals surface area contributed by atoms with Gasteiger partial charge >= 0.3 is 0 Å². The summed E-state index contributed by atoms with van der Waals surface area (Å²) in [7, 11) is 0. The Morgan fingerprint density at radius 2 is 2.05 bits per heavy atom. The van der Waals surface area contributed by atoms with E-state index in [0.29, 0.717) is 5.88 Å². The molecular formula is C15H21Cl2N3. The number of hydrogen-bond donors (Lipinski definition) is 0. The Morgan fingerprint density at radius 3 is 2.70 bits per heavy atom. The molecule has 0 aliphatic carbocycles. The van der Waals surface area contributed by atoms with Crippen molar-refractivity contribution in [3.63, 3.8) is 0 Å². The lowest BCUT2D eigenvalue weighted by Gasteiger charge is -2.20. The lowest BCUT2D eigenvalue weighted by Crippen LogP contribution is -2.28. The van der Waals surface area contributed by atoms with Gasteiger partial charge in [0.2, 0.25) is 0 Å². The molecule has 0 aliphatic heterocycles. The van der Waals surface area contributed by atoms with Gasteiger partial charge in [0.25, 0.3) is 0 Å². The molecule has 0 bridgehead atoms. The SMILES string of the molecule is CCCN(CC)CCn1c(CCl)nc2ccc(Cl)cc21. The molecule has 1 aromatic heterocycles. The number of aromatic nitrogens is 2. The van der Waals surface area contributed by atoms with E-state index in [1.165, 1.54) is 6.42 Å². The average Bonchev–Trinajstić information content (AvgIpc) is 2.80. The maximum absolute atomic E-state index is 6.10. The van der Waals surface area contributed by atoms with E-state index in [1.807, 2.05) is 18.2 Å². The number of rotatable bonds is 7. The molecule has 0 amide bonds. The first-order chi connectivity index (χ1) is 9.69. The molecule has 0 spiro atoms. The first kappa shape index (κ1) is 15.6. The normalized spacial score (nSPS) is 11.7. The van der Waals surface area contributed by atoms with Gasteiger partial charge in [-0.1, -0.05) is 25.4 Å². The van der Waals surface area contributed by atoms with Crippen molar-refractivity contribution in [1.82, 2.24) is 14.5 Å². The quantitative estimate of drug-likeness (QED) is 0.716. The van der Waals surface area contributed by atoms with Crippen LogP contribution in [0.1, 0.15) is 26.1 Å². The summed E-state index contributed by atoms with van der Waals surface area (Å²) in [6.45, 7) is 8.50. The minimum atomic E-state index is 0.423. The molecule has 5 heteroatoms. The highest BCUT2D eigenvalue weighted by atomic mass is 35.5. The number of halogens is 2. The van der Waals surface area contributed by atoms with Gasteiger partial charge in [0.1, 0.15) is 5.82 Å². The average molecular weight is 314 g/mol. The molecular weight excluding hydrogens is 293 g/mol. The molecule has 0 saturated carbocycles. The van der Waals surface area contributed by atoms with Crippen LogP contribution in [0.25, 0.3) is 11.0 Å². The van der Waals surface area contributed by atoms with Crippen molar-refractivity contribution >= 4 is 34.2 Å². The molecule has 0 aliphatic rings. The predicted octanol–water partition coefficient (Wildman–Crippen LogP) is 4.16. The summed E-state index contributed by atoms with van der Waals surface area (Å²) in [4.78, 5) is 7.01. The van der Waals surface area contributed by atoms with E-state index in [2.05, 4.69) is 28.3 Å². The van der Waals surface area contributed by atoms with Gasteiger partial charge in [0, 0.05) is 18.1 Å². The molecule has 0 unspecified atom stereocenters. The summed E-state index contributed by atoms with van der Waals surface area (Å²) in [5.74, 6) is 1.34. The monoisotopic (exact) mass is 313 g/mol. The van der Waals surface area contributed by atoms with Gasteiger partial charge < -0.3 is 9.47 Å². The van der Waals surface area contributed by atoms with Crippen molar-refractivity contribution in [2.75, 3.05) is 19.6 Å². The summed E-state index contributed by atoms with van der Waals surface area (Å²) in [5.41, 5.74) is 2.03. The molecule has 0 fully saturated rings. The molecule has 2 aromatic rings. The fraction of sp³-hybridized carbons (Fsp3) is 0.533. The van der Waals surface area contributed by atoms with Crippen molar-refractivity contribution in [3.05, 3.63) is 29.0 Å². The predicted molar refractivity (Wildman–Crippen MR) is 86.7 cm³/mol. The van der Waals surface area contributed by atoms with E-state index in [-0.39, 0.29) is 0 Å². The lowest BCUT2D eigenvalue weighted by atomic mass is 10.3. The third kappa shape index (κ3) is 3.46. The Morgan fingerprint density at radius 1 is 1.25 bits per heavy atom. The molecule has 20 heavy (non-hydrogen) atoms. The second-order valence-electron chi connectivity index (χ2n) is 4.88. The van der Waals surface area contributed by atoms with Crippen molar-refractivity contribution in [3.8, 4) is 0 Å². The van der Waals surface area contributed by atoms with Crippen LogP contribution in [0.4, 0.5) is 0 Å². The summed E-state index contributed by atoms with van der Waals surface area (Å²) in [5, 5.41) is 0.737. The maximum atomic E-state index is 6.10. The summed E-state index contributed by atoms with van der Waals surface area (Å²) in [6.07, 6.45) is 1.17. The Kier molecular flexibility index (Phi) is 5.70. The molecule has 1 aromatic carbocycles. The zero-order valence-corrected chi connectivity index (χ0v) is 13.6. The largest absolute Gasteiger partial charge is 0.326 e. The summed E-state index contributed by atoms with van der Waals surface area (Å²) in [6, 6.07) is 5.79. The Hall–Kier alpha value is -0.770. The van der Waals surface area contributed by atoms with E-state index in [1.54, 1.807) is 0 Å². The highest BCUT2D eigenvalue weighted by Crippen LogP contribution is 2.21. The molecule has 0 atom stereocenters.